The lowest BCUT2D eigenvalue weighted by Crippen LogP contribution is -2.06. The second-order valence-corrected chi connectivity index (χ2v) is 1.34. The number of azo groups is 1. The minimum Gasteiger partial charge on any atom is -0.600 e. The van der Waals surface area contributed by atoms with Gasteiger partial charge in [-0.25, -0.2) is 4.79 Å². The third-order valence-corrected chi connectivity index (χ3v) is 0.627. The molecule has 0 radical (unpaired) electrons. The first-order valence-electron chi connectivity index (χ1n) is 2.32. The third kappa shape index (κ3) is 4.73. The Bertz CT molecular complexity index is 128. The van der Waals surface area contributed by atoms with Crippen molar-refractivity contribution < 1.29 is 14.4 Å². The molecule has 9 heavy (non-hydrogen) atoms. The number of hydrogen-bond donors (Lipinski definition) is 0. The van der Waals surface area contributed by atoms with Crippen LogP contribution >= 0.6 is 0 Å². The summed E-state index contributed by atoms with van der Waals surface area (Å²) in [5.41, 5.74) is 0. The Morgan fingerprint density at radius 1 is 1.89 bits per heavy atom. The fraction of sp³-hybridized carbons (Fsp3) is 0.750. The normalized spacial score (nSPS) is 11.1. The van der Waals surface area contributed by atoms with E-state index >= 15 is 0 Å². The molecule has 52 valence electrons. The van der Waals surface area contributed by atoms with Crippen molar-refractivity contribution in [3.63, 3.8) is 0 Å². The molecule has 0 aromatic carbocycles. The maximum atomic E-state index is 10.2. The van der Waals surface area contributed by atoms with Gasteiger partial charge in [-0.3, -0.25) is 0 Å². The van der Waals surface area contributed by atoms with E-state index in [4.69, 9.17) is 0 Å². The lowest BCUT2D eigenvalue weighted by molar-refractivity contribution is -0.498. The summed E-state index contributed by atoms with van der Waals surface area (Å²) < 4.78 is 4.20. The highest BCUT2D eigenvalue weighted by molar-refractivity contribution is 5.71. The molecule has 0 unspecified atom stereocenters. The fourth-order valence-corrected chi connectivity index (χ4v) is 0.222. The molecule has 0 aliphatic rings. The minimum absolute atomic E-state index is 0.212. The Balaban J connectivity index is 3.50. The maximum absolute atomic E-state index is 10.2. The minimum atomic E-state index is -0.516. The highest BCUT2D eigenvalue weighted by atomic mass is 16.5. The number of esters is 1. The van der Waals surface area contributed by atoms with Gasteiger partial charge in [0, 0.05) is 0 Å². The lowest BCUT2D eigenvalue weighted by Gasteiger charge is -1.91. The number of ether oxygens (including phenoxy) is 1. The molecule has 5 heteroatoms. The molecule has 0 bridgehead atoms. The van der Waals surface area contributed by atoms with E-state index in [2.05, 4.69) is 9.85 Å². The molecule has 0 spiro atoms. The molecule has 5 nitrogen and oxygen atoms in total. The number of nitrogens with zero attached hydrogens (tertiary/aromatic N) is 2. The molecule has 0 fully saturated rings. The summed E-state index contributed by atoms with van der Waals surface area (Å²) in [6.45, 7) is -0.212. The summed E-state index contributed by atoms with van der Waals surface area (Å²) in [5, 5.41) is 13.2. The lowest BCUT2D eigenvalue weighted by atomic mass is 10.7. The Morgan fingerprint density at radius 3 is 2.78 bits per heavy atom. The van der Waals surface area contributed by atoms with E-state index in [0.717, 1.165) is 0 Å². The zero-order chi connectivity index (χ0) is 7.28. The summed E-state index contributed by atoms with van der Waals surface area (Å²) in [4.78, 5) is 10.6. The molecular formula is C4H8N2O3. The molecule has 0 atom stereocenters. The Morgan fingerprint density at radius 2 is 2.44 bits per heavy atom. The average Bonchev–Trinajstić information content (AvgIpc) is 1.83. The van der Waals surface area contributed by atoms with Gasteiger partial charge >= 0.3 is 5.97 Å². The molecule has 0 saturated carbocycles. The third-order valence-electron chi connectivity index (χ3n) is 0.627. The van der Waals surface area contributed by atoms with Crippen LogP contribution in [0.5, 0.6) is 0 Å². The van der Waals surface area contributed by atoms with E-state index in [1.807, 2.05) is 0 Å². The summed E-state index contributed by atoms with van der Waals surface area (Å²) in [6.07, 6.45) is 0. The van der Waals surface area contributed by atoms with Gasteiger partial charge in [0.1, 0.15) is 0 Å². The average molecular weight is 132 g/mol. The van der Waals surface area contributed by atoms with Crippen molar-refractivity contribution >= 4 is 5.97 Å². The van der Waals surface area contributed by atoms with E-state index in [0.29, 0.717) is 4.86 Å². The van der Waals surface area contributed by atoms with Crippen molar-refractivity contribution in [1.82, 2.24) is 0 Å². The van der Waals surface area contributed by atoms with E-state index in [1.165, 1.54) is 14.2 Å². The largest absolute Gasteiger partial charge is 0.600 e. The van der Waals surface area contributed by atoms with Crippen LogP contribution in [0.3, 0.4) is 0 Å². The predicted molar refractivity (Wildman–Crippen MR) is 28.9 cm³/mol. The molecule has 0 amide bonds. The molecule has 0 aliphatic heterocycles. The van der Waals surface area contributed by atoms with Gasteiger partial charge in [0.05, 0.1) is 7.11 Å². The van der Waals surface area contributed by atoms with Crippen LogP contribution in [0, 0.1) is 5.21 Å². The second kappa shape index (κ2) is 3.82. The van der Waals surface area contributed by atoms with Gasteiger partial charge in [0.25, 0.3) is 0 Å². The Kier molecular flexibility index (Phi) is 3.34. The highest BCUT2D eigenvalue weighted by Crippen LogP contribution is 1.75. The first-order valence-corrected chi connectivity index (χ1v) is 2.32. The molecule has 0 N–H and O–H groups in total. The molecule has 0 saturated heterocycles. The first kappa shape index (κ1) is 7.87. The quantitative estimate of drug-likeness (QED) is 0.225. The van der Waals surface area contributed by atoms with Gasteiger partial charge < -0.3 is 9.94 Å². The summed E-state index contributed by atoms with van der Waals surface area (Å²) >= 11 is 0. The zero-order valence-corrected chi connectivity index (χ0v) is 5.33. The fourth-order valence-electron chi connectivity index (χ4n) is 0.222. The monoisotopic (exact) mass is 132 g/mol. The van der Waals surface area contributed by atoms with Crippen LogP contribution in [-0.2, 0) is 9.53 Å². The number of hydrogen-bond acceptors (Lipinski definition) is 4. The summed E-state index contributed by atoms with van der Waals surface area (Å²) in [6, 6.07) is 0. The second-order valence-electron chi connectivity index (χ2n) is 1.34. The molecule has 0 aromatic heterocycles. The molecule has 0 heterocycles. The van der Waals surface area contributed by atoms with Crippen molar-refractivity contribution in [2.45, 2.75) is 0 Å². The van der Waals surface area contributed by atoms with E-state index < -0.39 is 5.97 Å². The van der Waals surface area contributed by atoms with Crippen molar-refractivity contribution in [3.8, 4) is 0 Å². The molecule has 0 rings (SSSR count). The first-order chi connectivity index (χ1) is 4.16. The van der Waals surface area contributed by atoms with E-state index in [-0.39, 0.29) is 6.54 Å². The van der Waals surface area contributed by atoms with E-state index in [9.17, 15) is 10.0 Å². The zero-order valence-electron chi connectivity index (χ0n) is 5.33. The van der Waals surface area contributed by atoms with Gasteiger partial charge in [0.15, 0.2) is 13.6 Å². The van der Waals surface area contributed by atoms with Crippen LogP contribution in [-0.4, -0.2) is 31.5 Å². The summed E-state index contributed by atoms with van der Waals surface area (Å²) in [7, 11) is 2.44. The van der Waals surface area contributed by atoms with Gasteiger partial charge in [-0.15, -0.1) is 0 Å². The van der Waals surface area contributed by atoms with Crippen molar-refractivity contribution in [2.75, 3.05) is 20.7 Å². The standard InChI is InChI=1S/C4H8N2O3/c1-6(8)5-3-4(7)9-2/h3H2,1-2H3. The number of hydroxylamine groups is 1. The number of rotatable bonds is 2. The van der Waals surface area contributed by atoms with Gasteiger partial charge in [-0.05, 0) is 5.11 Å². The van der Waals surface area contributed by atoms with Crippen LogP contribution < -0.4 is 0 Å². The Labute approximate surface area is 52.5 Å². The van der Waals surface area contributed by atoms with Crippen molar-refractivity contribution in [1.29, 1.82) is 0 Å². The van der Waals surface area contributed by atoms with Gasteiger partial charge in [0.2, 0.25) is 0 Å². The number of methoxy groups -OCH3 is 1. The molecule has 0 aliphatic carbocycles. The highest BCUT2D eigenvalue weighted by Gasteiger charge is 1.97. The SMILES string of the molecule is COC(=O)CN=[N+](C)[O-]. The van der Waals surface area contributed by atoms with Gasteiger partial charge in [-0.1, -0.05) is 4.86 Å². The smallest absolute Gasteiger partial charge is 0.333 e. The van der Waals surface area contributed by atoms with Crippen molar-refractivity contribution in [3.05, 3.63) is 5.21 Å². The van der Waals surface area contributed by atoms with Crippen molar-refractivity contribution in [2.24, 2.45) is 5.11 Å². The predicted octanol–water partition coefficient (Wildman–Crippen LogP) is -0.248. The summed E-state index contributed by atoms with van der Waals surface area (Å²) in [5.74, 6) is -0.516. The van der Waals surface area contributed by atoms with E-state index in [1.54, 1.807) is 0 Å². The van der Waals surface area contributed by atoms with Crippen LogP contribution in [0.4, 0.5) is 0 Å². The Hall–Kier alpha value is -1.13. The van der Waals surface area contributed by atoms with Crippen LogP contribution in [0.2, 0.25) is 0 Å². The van der Waals surface area contributed by atoms with Gasteiger partial charge in [-0.2, -0.15) is 0 Å². The maximum Gasteiger partial charge on any atom is 0.333 e. The molecular weight excluding hydrogens is 124 g/mol. The van der Waals surface area contributed by atoms with Crippen LogP contribution in [0.15, 0.2) is 5.11 Å². The molecule has 0 aromatic rings. The van der Waals surface area contributed by atoms with Crippen LogP contribution in [0.1, 0.15) is 0 Å². The van der Waals surface area contributed by atoms with Crippen LogP contribution in [0.25, 0.3) is 0 Å². The topological polar surface area (TPSA) is 64.7 Å². The number of carbonyl (C=O) groups excluding carboxylic acids is 1. The number of carbonyl (C=O) groups is 1.